The molecular formula is C26H34N4O4. The number of aromatic nitrogens is 3. The number of likely N-dealkylation sites (tertiary alicyclic amines) is 1. The Hall–Kier alpha value is -3.10. The van der Waals surface area contributed by atoms with E-state index in [1.165, 1.54) is 5.56 Å². The van der Waals surface area contributed by atoms with E-state index in [2.05, 4.69) is 21.2 Å². The van der Waals surface area contributed by atoms with Crippen LogP contribution in [0, 0.1) is 6.92 Å². The highest BCUT2D eigenvalue weighted by Crippen LogP contribution is 2.30. The van der Waals surface area contributed by atoms with Crippen LogP contribution in [0.1, 0.15) is 30.4 Å². The molecule has 0 bridgehead atoms. The first-order valence-electron chi connectivity index (χ1n) is 11.8. The molecule has 1 saturated heterocycles. The minimum absolute atomic E-state index is 0.316. The lowest BCUT2D eigenvalue weighted by molar-refractivity contribution is -0.0168. The summed E-state index contributed by atoms with van der Waals surface area (Å²) in [6.07, 6.45) is 5.67. The van der Waals surface area contributed by atoms with E-state index in [4.69, 9.17) is 14.2 Å². The van der Waals surface area contributed by atoms with E-state index in [0.717, 1.165) is 49.5 Å². The number of rotatable bonds is 10. The van der Waals surface area contributed by atoms with Crippen LogP contribution in [0.4, 0.5) is 0 Å². The summed E-state index contributed by atoms with van der Waals surface area (Å²) in [6, 6.07) is 14.0. The third kappa shape index (κ3) is 6.71. The van der Waals surface area contributed by atoms with Crippen molar-refractivity contribution in [2.75, 3.05) is 33.4 Å². The summed E-state index contributed by atoms with van der Waals surface area (Å²) in [4.78, 5) is 2.38. The van der Waals surface area contributed by atoms with Crippen molar-refractivity contribution < 1.29 is 19.3 Å². The van der Waals surface area contributed by atoms with Crippen LogP contribution < -0.4 is 14.2 Å². The molecule has 182 valence electrons. The second kappa shape index (κ2) is 11.4. The molecule has 1 aromatic heterocycles. The van der Waals surface area contributed by atoms with Gasteiger partial charge in [-0.15, -0.1) is 10.2 Å². The van der Waals surface area contributed by atoms with E-state index in [9.17, 15) is 5.11 Å². The van der Waals surface area contributed by atoms with Crippen LogP contribution in [0.3, 0.4) is 0 Å². The van der Waals surface area contributed by atoms with Crippen molar-refractivity contribution in [3.8, 4) is 17.2 Å². The van der Waals surface area contributed by atoms with Gasteiger partial charge in [0.1, 0.15) is 31.6 Å². The van der Waals surface area contributed by atoms with E-state index < -0.39 is 5.60 Å². The van der Waals surface area contributed by atoms with Crippen LogP contribution >= 0.6 is 0 Å². The molecule has 3 aromatic rings. The van der Waals surface area contributed by atoms with Crippen molar-refractivity contribution in [2.45, 2.75) is 44.9 Å². The van der Waals surface area contributed by atoms with Crippen LogP contribution in [-0.2, 0) is 13.1 Å². The third-order valence-electron chi connectivity index (χ3n) is 6.25. The fourth-order valence-electron chi connectivity index (χ4n) is 4.18. The molecule has 1 atom stereocenters. The molecule has 1 aliphatic heterocycles. The Balaban J connectivity index is 1.31. The largest absolute Gasteiger partial charge is 0.493 e. The van der Waals surface area contributed by atoms with Gasteiger partial charge in [0.15, 0.2) is 11.5 Å². The summed E-state index contributed by atoms with van der Waals surface area (Å²) in [7, 11) is 1.65. The molecule has 8 heteroatoms. The summed E-state index contributed by atoms with van der Waals surface area (Å²) < 4.78 is 19.3. The fraction of sp³-hybridized carbons (Fsp3) is 0.462. The van der Waals surface area contributed by atoms with Crippen molar-refractivity contribution in [1.82, 2.24) is 19.7 Å². The highest BCUT2D eigenvalue weighted by Gasteiger charge is 2.31. The Morgan fingerprint density at radius 1 is 0.971 bits per heavy atom. The molecule has 2 heterocycles. The number of benzene rings is 2. The van der Waals surface area contributed by atoms with Gasteiger partial charge in [0, 0.05) is 13.1 Å². The van der Waals surface area contributed by atoms with Crippen molar-refractivity contribution >= 4 is 0 Å². The molecule has 1 fully saturated rings. The van der Waals surface area contributed by atoms with Crippen molar-refractivity contribution in [3.05, 3.63) is 66.2 Å². The zero-order valence-corrected chi connectivity index (χ0v) is 20.0. The van der Waals surface area contributed by atoms with Gasteiger partial charge in [0.25, 0.3) is 0 Å². The van der Waals surface area contributed by atoms with Crippen molar-refractivity contribution in [2.24, 2.45) is 0 Å². The van der Waals surface area contributed by atoms with Crippen molar-refractivity contribution in [1.29, 1.82) is 0 Å². The summed E-state index contributed by atoms with van der Waals surface area (Å²) in [6.45, 7) is 6.06. The molecule has 0 saturated carbocycles. The predicted molar refractivity (Wildman–Crippen MR) is 129 cm³/mol. The summed E-state index contributed by atoms with van der Waals surface area (Å²) >= 11 is 0. The van der Waals surface area contributed by atoms with Crippen molar-refractivity contribution in [3.63, 3.8) is 0 Å². The van der Waals surface area contributed by atoms with Crippen LogP contribution in [0.2, 0.25) is 0 Å². The van der Waals surface area contributed by atoms with E-state index in [0.29, 0.717) is 31.9 Å². The summed E-state index contributed by atoms with van der Waals surface area (Å²) in [5.74, 6) is 2.24. The average molecular weight is 467 g/mol. The quantitative estimate of drug-likeness (QED) is 0.490. The average Bonchev–Trinajstić information content (AvgIpc) is 3.29. The third-order valence-corrected chi connectivity index (χ3v) is 6.25. The van der Waals surface area contributed by atoms with Gasteiger partial charge >= 0.3 is 0 Å². The number of hydrogen-bond donors (Lipinski definition) is 1. The minimum atomic E-state index is -0.810. The monoisotopic (exact) mass is 466 g/mol. The van der Waals surface area contributed by atoms with Crippen LogP contribution in [0.25, 0.3) is 0 Å². The lowest BCUT2D eigenvalue weighted by atomic mass is 9.96. The van der Waals surface area contributed by atoms with Gasteiger partial charge in [-0.05, 0) is 62.6 Å². The molecule has 34 heavy (non-hydrogen) atoms. The first-order chi connectivity index (χ1) is 16.5. The van der Waals surface area contributed by atoms with Gasteiger partial charge < -0.3 is 23.9 Å². The number of nitrogens with zero attached hydrogens (tertiary/aromatic N) is 4. The smallest absolute Gasteiger partial charge is 0.161 e. The SMILES string of the molecule is COc1ccc(CN2CCC[C@](O)(COc3ccc(C)cc3)CC2)cc1OCCn1cnnc1. The highest BCUT2D eigenvalue weighted by atomic mass is 16.5. The lowest BCUT2D eigenvalue weighted by Crippen LogP contribution is -2.37. The topological polar surface area (TPSA) is 81.9 Å². The van der Waals surface area contributed by atoms with Gasteiger partial charge in [-0.2, -0.15) is 0 Å². The van der Waals surface area contributed by atoms with E-state index in [1.54, 1.807) is 19.8 Å². The molecular weight excluding hydrogens is 432 g/mol. The predicted octanol–water partition coefficient (Wildman–Crippen LogP) is 3.47. The van der Waals surface area contributed by atoms with Gasteiger partial charge in [-0.1, -0.05) is 23.8 Å². The van der Waals surface area contributed by atoms with Gasteiger partial charge in [0.2, 0.25) is 0 Å². The number of methoxy groups -OCH3 is 1. The highest BCUT2D eigenvalue weighted by molar-refractivity contribution is 5.43. The zero-order chi connectivity index (χ0) is 23.8. The molecule has 1 aliphatic rings. The Morgan fingerprint density at radius 2 is 1.76 bits per heavy atom. The maximum atomic E-state index is 11.1. The molecule has 0 amide bonds. The Labute approximate surface area is 201 Å². The van der Waals surface area contributed by atoms with Crippen LogP contribution in [0.15, 0.2) is 55.1 Å². The molecule has 0 spiro atoms. The van der Waals surface area contributed by atoms with Gasteiger partial charge in [-0.25, -0.2) is 0 Å². The van der Waals surface area contributed by atoms with Gasteiger partial charge in [-0.3, -0.25) is 4.90 Å². The first-order valence-corrected chi connectivity index (χ1v) is 11.8. The fourth-order valence-corrected chi connectivity index (χ4v) is 4.18. The zero-order valence-electron chi connectivity index (χ0n) is 20.0. The Kier molecular flexibility index (Phi) is 8.03. The van der Waals surface area contributed by atoms with Gasteiger partial charge in [0.05, 0.1) is 19.3 Å². The molecule has 0 aliphatic carbocycles. The molecule has 0 radical (unpaired) electrons. The van der Waals surface area contributed by atoms with Crippen LogP contribution in [0.5, 0.6) is 17.2 Å². The van der Waals surface area contributed by atoms with E-state index in [-0.39, 0.29) is 0 Å². The lowest BCUT2D eigenvalue weighted by Gasteiger charge is -2.27. The number of ether oxygens (including phenoxy) is 3. The molecule has 2 aromatic carbocycles. The number of aliphatic hydroxyl groups is 1. The maximum Gasteiger partial charge on any atom is 0.161 e. The van der Waals surface area contributed by atoms with E-state index >= 15 is 0 Å². The Morgan fingerprint density at radius 3 is 2.53 bits per heavy atom. The maximum absolute atomic E-state index is 11.1. The molecule has 1 N–H and O–H groups in total. The normalized spacial score (nSPS) is 18.9. The van der Waals surface area contributed by atoms with Crippen LogP contribution in [-0.4, -0.2) is 63.8 Å². The molecule has 8 nitrogen and oxygen atoms in total. The van der Waals surface area contributed by atoms with E-state index in [1.807, 2.05) is 47.9 Å². The summed E-state index contributed by atoms with van der Waals surface area (Å²) in [5.41, 5.74) is 1.54. The standard InChI is InChI=1S/C26H34N4O4/c1-21-4-7-23(8-5-21)34-18-26(31)10-3-12-29(13-11-26)17-22-6-9-24(32-2)25(16-22)33-15-14-30-19-27-28-20-30/h4-9,16,19-20,31H,3,10-15,17-18H2,1-2H3/t26-/m1/s1. The minimum Gasteiger partial charge on any atom is -0.493 e. The molecule has 0 unspecified atom stereocenters. The molecule has 4 rings (SSSR count). The first kappa shape index (κ1) is 24.0. The second-order valence-electron chi connectivity index (χ2n) is 8.99. The summed E-state index contributed by atoms with van der Waals surface area (Å²) in [5, 5.41) is 18.8. The second-order valence-corrected chi connectivity index (χ2v) is 8.99. The number of hydrogen-bond acceptors (Lipinski definition) is 7. The Bertz CT molecular complexity index is 1030. The number of aryl methyl sites for hydroxylation is 1.